The van der Waals surface area contributed by atoms with Gasteiger partial charge in [0.2, 0.25) is 0 Å². The van der Waals surface area contributed by atoms with Crippen molar-refractivity contribution in [3.05, 3.63) is 36.2 Å². The molecule has 0 fully saturated rings. The van der Waals surface area contributed by atoms with E-state index in [1.165, 1.54) is 0 Å². The molecule has 1 aromatic heterocycles. The quantitative estimate of drug-likeness (QED) is 0.774. The molecule has 2 N–H and O–H groups in total. The zero-order chi connectivity index (χ0) is 14.0. The number of pyridine rings is 1. The minimum absolute atomic E-state index is 0.967. The number of aromatic nitrogens is 1. The molecule has 1 aromatic rings. The summed E-state index contributed by atoms with van der Waals surface area (Å²) in [6.07, 6.45) is 7.83. The molecule has 6 heteroatoms. The molecule has 0 unspecified atom stereocenters. The second-order valence-electron chi connectivity index (χ2n) is 3.56. The fourth-order valence-electron chi connectivity index (χ4n) is 0.874. The maximum Gasteiger partial charge on any atom is 0.414 e. The first-order valence-electron chi connectivity index (χ1n) is 5.11. The van der Waals surface area contributed by atoms with E-state index in [-0.39, 0.29) is 0 Å². The van der Waals surface area contributed by atoms with Crippen LogP contribution in [0.15, 0.2) is 30.6 Å². The molecule has 0 aliphatic carbocycles. The standard InChI is InChI=1S/C10H14N2.C2H2O4/c1-12(2)8-4-6-10-5-3-7-11-9-10;3-1(4)2(5)6/h3-7,9H,8H2,1-2H3;(H,3,4)(H,5,6). The maximum absolute atomic E-state index is 9.10. The van der Waals surface area contributed by atoms with Crippen LogP contribution in [-0.4, -0.2) is 52.7 Å². The van der Waals surface area contributed by atoms with Crippen LogP contribution in [0.5, 0.6) is 0 Å². The summed E-state index contributed by atoms with van der Waals surface area (Å²) in [4.78, 5) is 24.3. The molecular weight excluding hydrogens is 236 g/mol. The average molecular weight is 252 g/mol. The second kappa shape index (κ2) is 8.89. The second-order valence-corrected chi connectivity index (χ2v) is 3.56. The average Bonchev–Trinajstić information content (AvgIpc) is 2.30. The van der Waals surface area contributed by atoms with Crippen molar-refractivity contribution in [3.8, 4) is 0 Å². The lowest BCUT2D eigenvalue weighted by molar-refractivity contribution is -0.159. The molecule has 98 valence electrons. The Labute approximate surface area is 105 Å². The third-order valence-corrected chi connectivity index (χ3v) is 1.65. The van der Waals surface area contributed by atoms with Crippen LogP contribution in [-0.2, 0) is 9.59 Å². The van der Waals surface area contributed by atoms with E-state index in [9.17, 15) is 0 Å². The van der Waals surface area contributed by atoms with Crippen molar-refractivity contribution in [2.24, 2.45) is 0 Å². The van der Waals surface area contributed by atoms with Crippen LogP contribution in [0.2, 0.25) is 0 Å². The molecule has 0 atom stereocenters. The van der Waals surface area contributed by atoms with Crippen LogP contribution in [0.4, 0.5) is 0 Å². The highest BCUT2D eigenvalue weighted by Crippen LogP contribution is 1.97. The highest BCUT2D eigenvalue weighted by Gasteiger charge is 2.04. The van der Waals surface area contributed by atoms with Crippen LogP contribution < -0.4 is 0 Å². The fourth-order valence-corrected chi connectivity index (χ4v) is 0.874. The number of aliphatic carboxylic acids is 2. The van der Waals surface area contributed by atoms with Gasteiger partial charge in [-0.05, 0) is 25.7 Å². The van der Waals surface area contributed by atoms with Gasteiger partial charge < -0.3 is 15.1 Å². The molecule has 6 nitrogen and oxygen atoms in total. The summed E-state index contributed by atoms with van der Waals surface area (Å²) in [5.41, 5.74) is 1.15. The molecule has 0 aliphatic rings. The minimum Gasteiger partial charge on any atom is -0.473 e. The predicted octanol–water partition coefficient (Wildman–Crippen LogP) is 0.812. The lowest BCUT2D eigenvalue weighted by atomic mass is 10.2. The van der Waals surface area contributed by atoms with Gasteiger partial charge in [-0.1, -0.05) is 18.2 Å². The van der Waals surface area contributed by atoms with Gasteiger partial charge in [0.15, 0.2) is 0 Å². The van der Waals surface area contributed by atoms with Gasteiger partial charge in [-0.25, -0.2) is 9.59 Å². The molecule has 1 rings (SSSR count). The number of hydrogen-bond donors (Lipinski definition) is 2. The third kappa shape index (κ3) is 9.05. The molecule has 1 heterocycles. The Hall–Kier alpha value is -2.21. The first-order valence-corrected chi connectivity index (χ1v) is 5.11. The van der Waals surface area contributed by atoms with Gasteiger partial charge in [-0.2, -0.15) is 0 Å². The number of likely N-dealkylation sites (N-methyl/N-ethyl adjacent to an activating group) is 1. The number of hydrogen-bond acceptors (Lipinski definition) is 4. The van der Waals surface area contributed by atoms with Crippen molar-refractivity contribution < 1.29 is 19.8 Å². The molecule has 0 spiro atoms. The number of nitrogens with zero attached hydrogens (tertiary/aromatic N) is 2. The molecule has 0 aliphatic heterocycles. The topological polar surface area (TPSA) is 90.7 Å². The summed E-state index contributed by atoms with van der Waals surface area (Å²) in [6, 6.07) is 3.98. The van der Waals surface area contributed by atoms with Gasteiger partial charge >= 0.3 is 11.9 Å². The van der Waals surface area contributed by atoms with E-state index < -0.39 is 11.9 Å². The summed E-state index contributed by atoms with van der Waals surface area (Å²) in [5.74, 6) is -3.65. The van der Waals surface area contributed by atoms with Crippen molar-refractivity contribution in [2.45, 2.75) is 0 Å². The van der Waals surface area contributed by atoms with Gasteiger partial charge in [-0.15, -0.1) is 0 Å². The van der Waals surface area contributed by atoms with Gasteiger partial charge in [0.25, 0.3) is 0 Å². The number of carboxylic acids is 2. The fraction of sp³-hybridized carbons (Fsp3) is 0.250. The van der Waals surface area contributed by atoms with Gasteiger partial charge in [0, 0.05) is 18.9 Å². The summed E-state index contributed by atoms with van der Waals surface area (Å²) < 4.78 is 0. The molecule has 0 radical (unpaired) electrons. The van der Waals surface area contributed by atoms with E-state index in [1.807, 2.05) is 32.4 Å². The molecule has 0 saturated carbocycles. The van der Waals surface area contributed by atoms with Gasteiger partial charge in [0.05, 0.1) is 0 Å². The van der Waals surface area contributed by atoms with Crippen molar-refractivity contribution in [1.29, 1.82) is 0 Å². The molecular formula is C12H16N2O4. The lowest BCUT2D eigenvalue weighted by Crippen LogP contribution is -2.10. The minimum atomic E-state index is -1.82. The largest absolute Gasteiger partial charge is 0.473 e. The highest BCUT2D eigenvalue weighted by atomic mass is 16.4. The van der Waals surface area contributed by atoms with E-state index in [4.69, 9.17) is 19.8 Å². The number of rotatable bonds is 3. The van der Waals surface area contributed by atoms with E-state index in [0.717, 1.165) is 12.1 Å². The SMILES string of the molecule is CN(C)CC=Cc1cccnc1.O=C(O)C(=O)O. The van der Waals surface area contributed by atoms with Crippen LogP contribution in [0, 0.1) is 0 Å². The number of carboxylic acid groups (broad SMARTS) is 2. The lowest BCUT2D eigenvalue weighted by Gasteiger charge is -2.03. The van der Waals surface area contributed by atoms with Crippen LogP contribution >= 0.6 is 0 Å². The molecule has 0 saturated heterocycles. The van der Waals surface area contributed by atoms with Crippen molar-refractivity contribution in [1.82, 2.24) is 9.88 Å². The monoisotopic (exact) mass is 252 g/mol. The summed E-state index contributed by atoms with van der Waals surface area (Å²) in [6.45, 7) is 0.967. The Morgan fingerprint density at radius 2 is 1.94 bits per heavy atom. The van der Waals surface area contributed by atoms with E-state index >= 15 is 0 Å². The first-order chi connectivity index (χ1) is 8.43. The Balaban J connectivity index is 0.000000411. The van der Waals surface area contributed by atoms with Crippen molar-refractivity contribution in [3.63, 3.8) is 0 Å². The van der Waals surface area contributed by atoms with Crippen molar-refractivity contribution in [2.75, 3.05) is 20.6 Å². The molecule has 0 amide bonds. The van der Waals surface area contributed by atoms with E-state index in [0.29, 0.717) is 0 Å². The van der Waals surface area contributed by atoms with Gasteiger partial charge in [-0.3, -0.25) is 4.98 Å². The van der Waals surface area contributed by atoms with Crippen LogP contribution in [0.3, 0.4) is 0 Å². The molecule has 0 bridgehead atoms. The van der Waals surface area contributed by atoms with Crippen LogP contribution in [0.1, 0.15) is 5.56 Å². The number of carbonyl (C=O) groups is 2. The Bertz CT molecular complexity index is 390. The normalized spacial score (nSPS) is 9.94. The zero-order valence-corrected chi connectivity index (χ0v) is 10.3. The Morgan fingerprint density at radius 1 is 1.33 bits per heavy atom. The first kappa shape index (κ1) is 15.8. The zero-order valence-electron chi connectivity index (χ0n) is 10.3. The molecule has 0 aromatic carbocycles. The van der Waals surface area contributed by atoms with E-state index in [1.54, 1.807) is 6.20 Å². The Morgan fingerprint density at radius 3 is 2.33 bits per heavy atom. The summed E-state index contributed by atoms with van der Waals surface area (Å²) in [5, 5.41) is 14.8. The van der Waals surface area contributed by atoms with Crippen LogP contribution in [0.25, 0.3) is 6.08 Å². The summed E-state index contributed by atoms with van der Waals surface area (Å²) >= 11 is 0. The van der Waals surface area contributed by atoms with Crippen molar-refractivity contribution >= 4 is 18.0 Å². The van der Waals surface area contributed by atoms with E-state index in [2.05, 4.69) is 22.0 Å². The molecule has 18 heavy (non-hydrogen) atoms. The summed E-state index contributed by atoms with van der Waals surface area (Å²) in [7, 11) is 4.10. The smallest absolute Gasteiger partial charge is 0.414 e. The predicted molar refractivity (Wildman–Crippen MR) is 67.1 cm³/mol. The maximum atomic E-state index is 9.10. The third-order valence-electron chi connectivity index (χ3n) is 1.65. The Kier molecular flexibility index (Phi) is 7.80. The highest BCUT2D eigenvalue weighted by molar-refractivity contribution is 6.27. The van der Waals surface area contributed by atoms with Gasteiger partial charge in [0.1, 0.15) is 0 Å².